The summed E-state index contributed by atoms with van der Waals surface area (Å²) in [5.74, 6) is 0.634. The summed E-state index contributed by atoms with van der Waals surface area (Å²) in [6.07, 6.45) is 2.67. The first-order valence-corrected chi connectivity index (χ1v) is 11.3. The molecule has 0 bridgehead atoms. The first kappa shape index (κ1) is 21.1. The maximum absolute atomic E-state index is 13.0. The predicted octanol–water partition coefficient (Wildman–Crippen LogP) is 4.42. The number of H-pyrrole nitrogens is 1. The number of aryl methyl sites for hydroxylation is 2. The topological polar surface area (TPSA) is 105 Å². The van der Waals surface area contributed by atoms with Crippen molar-refractivity contribution in [2.75, 3.05) is 6.61 Å². The van der Waals surface area contributed by atoms with E-state index in [0.29, 0.717) is 28.7 Å². The number of nitrogens with one attached hydrogen (secondary N) is 2. The molecule has 1 atom stereocenters. The van der Waals surface area contributed by atoms with Gasteiger partial charge in [-0.25, -0.2) is 4.79 Å². The standard InChI is InChI=1S/C26H26N2O5/c1-3-32-16-8-10-21-20(12-16)18-5-4-6-22(25(18)28-21)27-24(30)13-19-14(2)17-9-7-15(29)11-23(17)33-26(19)31/h7-12,22,28-29H,3-6,13H2,1-2H3,(H,27,30)/t22-/m1/s1. The number of aromatic nitrogens is 1. The molecule has 33 heavy (non-hydrogen) atoms. The van der Waals surface area contributed by atoms with E-state index in [0.717, 1.165) is 41.6 Å². The summed E-state index contributed by atoms with van der Waals surface area (Å²) < 4.78 is 11.0. The van der Waals surface area contributed by atoms with E-state index in [1.807, 2.05) is 19.1 Å². The quantitative estimate of drug-likeness (QED) is 0.394. The Hall–Kier alpha value is -3.74. The van der Waals surface area contributed by atoms with Crippen molar-refractivity contribution >= 4 is 27.8 Å². The molecule has 3 N–H and O–H groups in total. The summed E-state index contributed by atoms with van der Waals surface area (Å²) >= 11 is 0. The molecular formula is C26H26N2O5. The lowest BCUT2D eigenvalue weighted by molar-refractivity contribution is -0.121. The van der Waals surface area contributed by atoms with Gasteiger partial charge in [0.25, 0.3) is 0 Å². The molecule has 7 nitrogen and oxygen atoms in total. The monoisotopic (exact) mass is 446 g/mol. The van der Waals surface area contributed by atoms with Crippen LogP contribution in [0.2, 0.25) is 0 Å². The van der Waals surface area contributed by atoms with E-state index >= 15 is 0 Å². The van der Waals surface area contributed by atoms with Gasteiger partial charge < -0.3 is 24.6 Å². The molecular weight excluding hydrogens is 420 g/mol. The molecule has 170 valence electrons. The van der Waals surface area contributed by atoms with Crippen molar-refractivity contribution in [1.82, 2.24) is 10.3 Å². The molecule has 0 spiro atoms. The highest BCUT2D eigenvalue weighted by molar-refractivity contribution is 5.88. The van der Waals surface area contributed by atoms with E-state index < -0.39 is 5.63 Å². The minimum Gasteiger partial charge on any atom is -0.508 e. The number of ether oxygens (including phenoxy) is 1. The maximum Gasteiger partial charge on any atom is 0.340 e. The van der Waals surface area contributed by atoms with Crippen molar-refractivity contribution in [3.05, 3.63) is 69.2 Å². The fourth-order valence-corrected chi connectivity index (χ4v) is 4.84. The Labute approximate surface area is 190 Å². The van der Waals surface area contributed by atoms with Crippen LogP contribution in [0.4, 0.5) is 0 Å². The fraction of sp³-hybridized carbons (Fsp3) is 0.308. The maximum atomic E-state index is 13.0. The summed E-state index contributed by atoms with van der Waals surface area (Å²) in [4.78, 5) is 29.0. The van der Waals surface area contributed by atoms with Crippen LogP contribution in [0.3, 0.4) is 0 Å². The molecule has 0 fully saturated rings. The Bertz CT molecular complexity index is 1430. The summed E-state index contributed by atoms with van der Waals surface area (Å²) in [6.45, 7) is 4.37. The number of aromatic amines is 1. The highest BCUT2D eigenvalue weighted by atomic mass is 16.5. The van der Waals surface area contributed by atoms with E-state index in [1.165, 1.54) is 17.7 Å². The zero-order valence-corrected chi connectivity index (χ0v) is 18.7. The van der Waals surface area contributed by atoms with Gasteiger partial charge >= 0.3 is 5.63 Å². The van der Waals surface area contributed by atoms with E-state index in [4.69, 9.17) is 9.15 Å². The highest BCUT2D eigenvalue weighted by Crippen LogP contribution is 2.36. The predicted molar refractivity (Wildman–Crippen MR) is 126 cm³/mol. The lowest BCUT2D eigenvalue weighted by Crippen LogP contribution is -2.33. The van der Waals surface area contributed by atoms with E-state index in [1.54, 1.807) is 13.0 Å². The van der Waals surface area contributed by atoms with Crippen LogP contribution in [0.1, 0.15) is 48.2 Å². The first-order chi connectivity index (χ1) is 15.9. The number of phenols is 1. The van der Waals surface area contributed by atoms with Gasteiger partial charge in [0.2, 0.25) is 5.91 Å². The van der Waals surface area contributed by atoms with Gasteiger partial charge in [0.1, 0.15) is 17.1 Å². The van der Waals surface area contributed by atoms with E-state index in [-0.39, 0.29) is 24.1 Å². The van der Waals surface area contributed by atoms with Crippen LogP contribution < -0.4 is 15.7 Å². The summed E-state index contributed by atoms with van der Waals surface area (Å²) in [5.41, 5.74) is 4.04. The third-order valence-corrected chi connectivity index (χ3v) is 6.43. The molecule has 2 heterocycles. The Morgan fingerprint density at radius 3 is 2.91 bits per heavy atom. The lowest BCUT2D eigenvalue weighted by Gasteiger charge is -2.24. The molecule has 1 aliphatic carbocycles. The number of carbonyl (C=O) groups is 1. The fourth-order valence-electron chi connectivity index (χ4n) is 4.84. The van der Waals surface area contributed by atoms with Gasteiger partial charge in [0, 0.05) is 28.0 Å². The molecule has 0 saturated heterocycles. The van der Waals surface area contributed by atoms with Crippen molar-refractivity contribution in [3.63, 3.8) is 0 Å². The normalized spacial score (nSPS) is 15.5. The van der Waals surface area contributed by atoms with Gasteiger partial charge in [-0.05, 0) is 74.6 Å². The van der Waals surface area contributed by atoms with E-state index in [9.17, 15) is 14.7 Å². The zero-order valence-electron chi connectivity index (χ0n) is 18.7. The summed E-state index contributed by atoms with van der Waals surface area (Å²) in [5, 5.41) is 14.6. The molecule has 1 amide bonds. The second-order valence-corrected chi connectivity index (χ2v) is 8.52. The minimum atomic E-state index is -0.556. The van der Waals surface area contributed by atoms with Gasteiger partial charge in [0.05, 0.1) is 24.6 Å². The van der Waals surface area contributed by atoms with Gasteiger partial charge in [-0.3, -0.25) is 4.79 Å². The van der Waals surface area contributed by atoms with Crippen LogP contribution in [0.25, 0.3) is 21.9 Å². The number of amides is 1. The Kier molecular flexibility index (Phi) is 5.32. The molecule has 2 aromatic heterocycles. The molecule has 1 aliphatic rings. The highest BCUT2D eigenvalue weighted by Gasteiger charge is 2.26. The van der Waals surface area contributed by atoms with Crippen LogP contribution in [-0.4, -0.2) is 22.6 Å². The minimum absolute atomic E-state index is 0.0235. The number of hydrogen-bond donors (Lipinski definition) is 3. The first-order valence-electron chi connectivity index (χ1n) is 11.3. The number of fused-ring (bicyclic) bond motifs is 4. The lowest BCUT2D eigenvalue weighted by atomic mass is 9.91. The number of rotatable bonds is 5. The van der Waals surface area contributed by atoms with Crippen LogP contribution in [0.5, 0.6) is 11.5 Å². The number of benzene rings is 2. The van der Waals surface area contributed by atoms with Gasteiger partial charge in [-0.15, -0.1) is 0 Å². The second kappa shape index (κ2) is 8.31. The Balaban J connectivity index is 1.41. The van der Waals surface area contributed by atoms with Crippen molar-refractivity contribution in [3.8, 4) is 11.5 Å². The molecule has 0 saturated carbocycles. The molecule has 2 aromatic carbocycles. The van der Waals surface area contributed by atoms with Gasteiger partial charge in [0.15, 0.2) is 0 Å². The SMILES string of the molecule is CCOc1ccc2[nH]c3c(c2c1)CCC[C@H]3NC(=O)Cc1c(C)c2ccc(O)cc2oc1=O. The van der Waals surface area contributed by atoms with Crippen molar-refractivity contribution in [1.29, 1.82) is 0 Å². The van der Waals surface area contributed by atoms with Crippen LogP contribution in [-0.2, 0) is 17.6 Å². The second-order valence-electron chi connectivity index (χ2n) is 8.52. The molecule has 4 aromatic rings. The Morgan fingerprint density at radius 1 is 1.24 bits per heavy atom. The zero-order chi connectivity index (χ0) is 23.1. The molecule has 0 aliphatic heterocycles. The number of phenolic OH excluding ortho intramolecular Hbond substituents is 1. The van der Waals surface area contributed by atoms with Crippen LogP contribution in [0, 0.1) is 6.92 Å². The number of hydrogen-bond acceptors (Lipinski definition) is 5. The molecule has 0 unspecified atom stereocenters. The van der Waals surface area contributed by atoms with Crippen molar-refractivity contribution in [2.45, 2.75) is 45.6 Å². The average Bonchev–Trinajstić information content (AvgIpc) is 3.16. The summed E-state index contributed by atoms with van der Waals surface area (Å²) in [6, 6.07) is 10.5. The van der Waals surface area contributed by atoms with Crippen molar-refractivity contribution in [2.24, 2.45) is 0 Å². The largest absolute Gasteiger partial charge is 0.508 e. The summed E-state index contributed by atoms with van der Waals surface area (Å²) in [7, 11) is 0. The van der Waals surface area contributed by atoms with Gasteiger partial charge in [-0.1, -0.05) is 0 Å². The molecule has 5 rings (SSSR count). The molecule has 7 heteroatoms. The van der Waals surface area contributed by atoms with Crippen LogP contribution >= 0.6 is 0 Å². The number of aromatic hydroxyl groups is 1. The van der Waals surface area contributed by atoms with E-state index in [2.05, 4.69) is 16.4 Å². The third kappa shape index (κ3) is 3.84. The smallest absolute Gasteiger partial charge is 0.340 e. The van der Waals surface area contributed by atoms with Crippen molar-refractivity contribution < 1.29 is 19.1 Å². The average molecular weight is 447 g/mol. The third-order valence-electron chi connectivity index (χ3n) is 6.43. The Morgan fingerprint density at radius 2 is 2.09 bits per heavy atom. The molecule has 0 radical (unpaired) electrons. The van der Waals surface area contributed by atoms with Crippen LogP contribution in [0.15, 0.2) is 45.6 Å². The van der Waals surface area contributed by atoms with Gasteiger partial charge in [-0.2, -0.15) is 0 Å². The number of carbonyl (C=O) groups excluding carboxylic acids is 1.